The van der Waals surface area contributed by atoms with E-state index in [1.807, 2.05) is 0 Å². The van der Waals surface area contributed by atoms with Crippen molar-refractivity contribution >= 4 is 11.9 Å². The van der Waals surface area contributed by atoms with Crippen molar-refractivity contribution in [1.29, 1.82) is 0 Å². The molecule has 1 N–H and O–H groups in total. The molecular formula is C9H12FNO3. The normalized spacial score (nSPS) is 37.9. The Labute approximate surface area is 80.8 Å². The third-order valence-electron chi connectivity index (χ3n) is 2.81. The summed E-state index contributed by atoms with van der Waals surface area (Å²) in [6, 6.07) is 0. The highest BCUT2D eigenvalue weighted by Crippen LogP contribution is 2.62. The molecule has 0 saturated heterocycles. The number of nitrogens with one attached hydrogen (secondary N) is 1. The molecule has 4 nitrogen and oxygen atoms in total. The Balaban J connectivity index is 1.82. The van der Waals surface area contributed by atoms with Crippen LogP contribution in [0.1, 0.15) is 26.2 Å². The summed E-state index contributed by atoms with van der Waals surface area (Å²) >= 11 is 0. The Morgan fingerprint density at radius 1 is 1.43 bits per heavy atom. The Hall–Kier alpha value is -1.13. The van der Waals surface area contributed by atoms with Crippen molar-refractivity contribution in [3.63, 3.8) is 0 Å². The summed E-state index contributed by atoms with van der Waals surface area (Å²) in [6.45, 7) is 1.80. The average molecular weight is 201 g/mol. The number of rotatable bonds is 2. The SMILES string of the molecule is CCOC(=O)C(=O)NC12CC(F)(C1)C2. The Bertz CT molecular complexity index is 283. The van der Waals surface area contributed by atoms with Gasteiger partial charge in [0.05, 0.1) is 6.61 Å². The highest BCUT2D eigenvalue weighted by atomic mass is 19.1. The molecule has 0 aliphatic heterocycles. The second-order valence-electron chi connectivity index (χ2n) is 4.14. The number of carbonyl (C=O) groups is 2. The number of halogens is 1. The van der Waals surface area contributed by atoms with E-state index in [0.717, 1.165) is 0 Å². The number of amides is 1. The van der Waals surface area contributed by atoms with E-state index >= 15 is 0 Å². The van der Waals surface area contributed by atoms with Gasteiger partial charge in [-0.3, -0.25) is 4.79 Å². The van der Waals surface area contributed by atoms with E-state index in [2.05, 4.69) is 10.1 Å². The lowest BCUT2D eigenvalue weighted by atomic mass is 9.47. The molecule has 2 bridgehead atoms. The molecule has 0 aromatic heterocycles. The van der Waals surface area contributed by atoms with E-state index in [9.17, 15) is 14.0 Å². The van der Waals surface area contributed by atoms with Crippen molar-refractivity contribution in [2.75, 3.05) is 6.61 Å². The van der Waals surface area contributed by atoms with Gasteiger partial charge in [0.2, 0.25) is 0 Å². The molecule has 0 spiro atoms. The lowest BCUT2D eigenvalue weighted by Gasteiger charge is -2.65. The Kier molecular flexibility index (Phi) is 1.81. The largest absolute Gasteiger partial charge is 0.459 e. The van der Waals surface area contributed by atoms with Crippen LogP contribution < -0.4 is 5.32 Å². The standard InChI is InChI=1S/C9H12FNO3/c1-2-14-7(13)6(12)11-9-3-8(10,4-9)5-9/h2-5H2,1H3,(H,11,12). The van der Waals surface area contributed by atoms with E-state index in [0.29, 0.717) is 19.3 Å². The third kappa shape index (κ3) is 1.27. The first kappa shape index (κ1) is 9.43. The summed E-state index contributed by atoms with van der Waals surface area (Å²) in [4.78, 5) is 22.1. The molecule has 0 aromatic rings. The van der Waals surface area contributed by atoms with Crippen LogP contribution >= 0.6 is 0 Å². The maximum atomic E-state index is 13.0. The molecule has 78 valence electrons. The van der Waals surface area contributed by atoms with Crippen molar-refractivity contribution in [3.8, 4) is 0 Å². The number of esters is 1. The lowest BCUT2D eigenvalue weighted by Crippen LogP contribution is -2.77. The lowest BCUT2D eigenvalue weighted by molar-refractivity contribution is -0.180. The number of ether oxygens (including phenoxy) is 1. The van der Waals surface area contributed by atoms with Crippen molar-refractivity contribution in [2.24, 2.45) is 0 Å². The minimum absolute atomic E-state index is 0.173. The summed E-state index contributed by atoms with van der Waals surface area (Å²) in [7, 11) is 0. The summed E-state index contributed by atoms with van der Waals surface area (Å²) < 4.78 is 17.6. The van der Waals surface area contributed by atoms with Crippen LogP contribution in [0.2, 0.25) is 0 Å². The fourth-order valence-electron chi connectivity index (χ4n) is 2.29. The third-order valence-corrected chi connectivity index (χ3v) is 2.81. The highest BCUT2D eigenvalue weighted by Gasteiger charge is 2.70. The zero-order valence-electron chi connectivity index (χ0n) is 7.93. The second-order valence-corrected chi connectivity index (χ2v) is 4.14. The van der Waals surface area contributed by atoms with Crippen LogP contribution in [0.5, 0.6) is 0 Å². The van der Waals surface area contributed by atoms with Crippen molar-refractivity contribution in [3.05, 3.63) is 0 Å². The van der Waals surface area contributed by atoms with Crippen LogP contribution in [-0.2, 0) is 14.3 Å². The van der Waals surface area contributed by atoms with Crippen LogP contribution in [0.4, 0.5) is 4.39 Å². The average Bonchev–Trinajstić information content (AvgIpc) is 2.00. The zero-order valence-corrected chi connectivity index (χ0v) is 7.93. The zero-order chi connectivity index (χ0) is 10.4. The first-order valence-electron chi connectivity index (χ1n) is 4.67. The number of alkyl halides is 1. The molecule has 0 radical (unpaired) electrons. The van der Waals surface area contributed by atoms with Crippen LogP contribution in [-0.4, -0.2) is 29.7 Å². The van der Waals surface area contributed by atoms with E-state index < -0.39 is 23.1 Å². The van der Waals surface area contributed by atoms with Gasteiger partial charge in [-0.25, -0.2) is 9.18 Å². The summed E-state index contributed by atoms with van der Waals surface area (Å²) in [5.74, 6) is -1.64. The highest BCUT2D eigenvalue weighted by molar-refractivity contribution is 6.32. The quantitative estimate of drug-likeness (QED) is 0.516. The van der Waals surface area contributed by atoms with Gasteiger partial charge in [-0.1, -0.05) is 0 Å². The fraction of sp³-hybridized carbons (Fsp3) is 0.778. The van der Waals surface area contributed by atoms with Crippen molar-refractivity contribution in [2.45, 2.75) is 37.4 Å². The monoisotopic (exact) mass is 201 g/mol. The number of hydrogen-bond acceptors (Lipinski definition) is 3. The van der Waals surface area contributed by atoms with Gasteiger partial charge in [0.15, 0.2) is 0 Å². The first-order chi connectivity index (χ1) is 6.49. The van der Waals surface area contributed by atoms with E-state index in [1.165, 1.54) is 0 Å². The minimum atomic E-state index is -1.07. The van der Waals surface area contributed by atoms with Gasteiger partial charge in [-0.15, -0.1) is 0 Å². The van der Waals surface area contributed by atoms with Crippen LogP contribution in [0.3, 0.4) is 0 Å². The molecular weight excluding hydrogens is 189 g/mol. The Morgan fingerprint density at radius 2 is 2.00 bits per heavy atom. The fourth-order valence-corrected chi connectivity index (χ4v) is 2.29. The van der Waals surface area contributed by atoms with Gasteiger partial charge in [0.25, 0.3) is 0 Å². The molecule has 3 rings (SSSR count). The van der Waals surface area contributed by atoms with Gasteiger partial charge >= 0.3 is 11.9 Å². The smallest absolute Gasteiger partial charge is 0.396 e. The van der Waals surface area contributed by atoms with Gasteiger partial charge in [0.1, 0.15) is 5.67 Å². The van der Waals surface area contributed by atoms with Crippen molar-refractivity contribution < 1.29 is 18.7 Å². The first-order valence-corrected chi connectivity index (χ1v) is 4.67. The molecule has 3 fully saturated rings. The molecule has 3 saturated carbocycles. The number of carbonyl (C=O) groups excluding carboxylic acids is 2. The van der Waals surface area contributed by atoms with Gasteiger partial charge < -0.3 is 10.1 Å². The van der Waals surface area contributed by atoms with Crippen LogP contribution in [0.15, 0.2) is 0 Å². The number of hydrogen-bond donors (Lipinski definition) is 1. The molecule has 3 aliphatic rings. The summed E-state index contributed by atoms with van der Waals surface area (Å²) in [5.41, 5.74) is -1.51. The van der Waals surface area contributed by atoms with Crippen LogP contribution in [0, 0.1) is 0 Å². The van der Waals surface area contributed by atoms with Gasteiger partial charge in [-0.2, -0.15) is 0 Å². The van der Waals surface area contributed by atoms with E-state index in [4.69, 9.17) is 0 Å². The summed E-state index contributed by atoms with van der Waals surface area (Å²) in [5, 5.41) is 2.52. The molecule has 0 unspecified atom stereocenters. The predicted octanol–water partition coefficient (Wildman–Crippen LogP) is 0.310. The molecule has 0 aromatic carbocycles. The van der Waals surface area contributed by atoms with E-state index in [1.54, 1.807) is 6.92 Å². The topological polar surface area (TPSA) is 55.4 Å². The molecule has 0 atom stereocenters. The summed E-state index contributed by atoms with van der Waals surface area (Å²) in [6.07, 6.45) is 1.02. The van der Waals surface area contributed by atoms with E-state index in [-0.39, 0.29) is 6.61 Å². The molecule has 3 aliphatic carbocycles. The molecule has 5 heteroatoms. The molecule has 0 heterocycles. The maximum Gasteiger partial charge on any atom is 0.396 e. The van der Waals surface area contributed by atoms with Gasteiger partial charge in [-0.05, 0) is 6.92 Å². The minimum Gasteiger partial charge on any atom is -0.459 e. The second kappa shape index (κ2) is 2.68. The molecule has 14 heavy (non-hydrogen) atoms. The van der Waals surface area contributed by atoms with Crippen molar-refractivity contribution in [1.82, 2.24) is 5.32 Å². The molecule has 1 amide bonds. The maximum absolute atomic E-state index is 13.0. The van der Waals surface area contributed by atoms with Crippen LogP contribution in [0.25, 0.3) is 0 Å². The predicted molar refractivity (Wildman–Crippen MR) is 45.2 cm³/mol. The Morgan fingerprint density at radius 3 is 2.43 bits per heavy atom. The van der Waals surface area contributed by atoms with Gasteiger partial charge in [0, 0.05) is 24.8 Å².